The van der Waals surface area contributed by atoms with Gasteiger partial charge in [0.25, 0.3) is 15.9 Å². The molecule has 0 aliphatic carbocycles. The van der Waals surface area contributed by atoms with Crippen LogP contribution in [-0.2, 0) is 37.5 Å². The molecule has 0 bridgehead atoms. The SMILES string of the molecule is COc1ccc(COC(=O)Nc2ccn(CC(=O)N3CCN(S(=O)(=O)c4nc5ccccc5s4)C(=O)C3)c(=O)n2)cc1. The first-order valence-electron chi connectivity index (χ1n) is 12.5. The van der Waals surface area contributed by atoms with Crippen molar-refractivity contribution in [2.24, 2.45) is 0 Å². The van der Waals surface area contributed by atoms with Crippen LogP contribution < -0.4 is 15.7 Å². The van der Waals surface area contributed by atoms with Crippen LogP contribution in [-0.4, -0.2) is 76.8 Å². The average Bonchev–Trinajstić information content (AvgIpc) is 3.43. The Balaban J connectivity index is 1.15. The number of carbonyl (C=O) groups excluding carboxylic acids is 3. The molecule has 3 heterocycles. The summed E-state index contributed by atoms with van der Waals surface area (Å²) in [5.41, 5.74) is 0.411. The van der Waals surface area contributed by atoms with E-state index < -0.39 is 46.7 Å². The van der Waals surface area contributed by atoms with Gasteiger partial charge >= 0.3 is 11.8 Å². The molecule has 0 atom stereocenters. The summed E-state index contributed by atoms with van der Waals surface area (Å²) in [4.78, 5) is 59.3. The molecule has 0 saturated carbocycles. The van der Waals surface area contributed by atoms with E-state index >= 15 is 0 Å². The van der Waals surface area contributed by atoms with Gasteiger partial charge in [-0.3, -0.25) is 19.5 Å². The Morgan fingerprint density at radius 3 is 2.48 bits per heavy atom. The number of carbonyl (C=O) groups is 3. The number of ether oxygens (including phenoxy) is 2. The fraction of sp³-hybridized carbons (Fsp3) is 0.231. The van der Waals surface area contributed by atoms with Crippen molar-refractivity contribution < 1.29 is 32.3 Å². The summed E-state index contributed by atoms with van der Waals surface area (Å²) in [6, 6.07) is 15.1. The Morgan fingerprint density at radius 1 is 1.02 bits per heavy atom. The summed E-state index contributed by atoms with van der Waals surface area (Å²) in [5, 5.41) is 2.35. The molecule has 2 aromatic heterocycles. The number of piperazine rings is 1. The van der Waals surface area contributed by atoms with Gasteiger partial charge in [0.05, 0.1) is 23.9 Å². The number of thiazole rings is 1. The summed E-state index contributed by atoms with van der Waals surface area (Å²) in [6.07, 6.45) is 0.436. The summed E-state index contributed by atoms with van der Waals surface area (Å²) < 4.78 is 38.5. The lowest BCUT2D eigenvalue weighted by Crippen LogP contribution is -2.54. The molecule has 1 N–H and O–H groups in total. The number of aromatic nitrogens is 3. The number of para-hydroxylation sites is 1. The van der Waals surface area contributed by atoms with E-state index in [4.69, 9.17) is 9.47 Å². The number of methoxy groups -OCH3 is 1. The molecule has 2 aromatic carbocycles. The first-order chi connectivity index (χ1) is 20.1. The molecule has 14 nitrogen and oxygen atoms in total. The van der Waals surface area contributed by atoms with E-state index in [1.165, 1.54) is 17.2 Å². The zero-order valence-corrected chi connectivity index (χ0v) is 23.8. The highest BCUT2D eigenvalue weighted by Crippen LogP contribution is 2.28. The van der Waals surface area contributed by atoms with Crippen LogP contribution in [0.2, 0.25) is 0 Å². The molecule has 0 unspecified atom stereocenters. The standard InChI is InChI=1S/C26H24N6O8S2/c1-39-18-8-6-17(7-9-18)16-40-25(36)29-21-10-11-31(24(35)28-21)14-22(33)30-12-13-32(23(34)15-30)42(37,38)26-27-19-4-2-3-5-20(19)41-26/h2-11H,12-16H2,1H3,(H,28,29,35,36). The number of sulfonamides is 1. The lowest BCUT2D eigenvalue weighted by atomic mass is 10.2. The summed E-state index contributed by atoms with van der Waals surface area (Å²) in [7, 11) is -2.65. The molecule has 1 fully saturated rings. The Hall–Kier alpha value is -4.83. The molecule has 0 radical (unpaired) electrons. The molecular weight excluding hydrogens is 588 g/mol. The van der Waals surface area contributed by atoms with Crippen LogP contribution in [0.15, 0.2) is 69.9 Å². The predicted octanol–water partition coefficient (Wildman–Crippen LogP) is 1.67. The van der Waals surface area contributed by atoms with Gasteiger partial charge in [-0.25, -0.2) is 18.9 Å². The molecule has 1 aliphatic rings. The van der Waals surface area contributed by atoms with E-state index in [0.29, 0.717) is 16.0 Å². The van der Waals surface area contributed by atoms with Gasteiger partial charge in [-0.05, 0) is 35.9 Å². The molecule has 4 aromatic rings. The van der Waals surface area contributed by atoms with E-state index in [1.54, 1.807) is 55.6 Å². The van der Waals surface area contributed by atoms with Crippen molar-refractivity contribution >= 4 is 55.3 Å². The van der Waals surface area contributed by atoms with Crippen molar-refractivity contribution in [2.45, 2.75) is 17.5 Å². The zero-order chi connectivity index (χ0) is 29.9. The van der Waals surface area contributed by atoms with E-state index in [1.807, 2.05) is 0 Å². The minimum absolute atomic E-state index is 0.0186. The third kappa shape index (κ3) is 6.23. The maximum absolute atomic E-state index is 13.1. The minimum atomic E-state index is -4.19. The van der Waals surface area contributed by atoms with Gasteiger partial charge in [0.1, 0.15) is 31.3 Å². The zero-order valence-electron chi connectivity index (χ0n) is 22.1. The van der Waals surface area contributed by atoms with Crippen molar-refractivity contribution in [1.82, 2.24) is 23.7 Å². The molecule has 1 saturated heterocycles. The summed E-state index contributed by atoms with van der Waals surface area (Å²) in [6.45, 7) is -1.25. The number of hydrogen-bond acceptors (Lipinski definition) is 11. The van der Waals surface area contributed by atoms with Crippen molar-refractivity contribution in [2.75, 3.05) is 32.1 Å². The molecule has 42 heavy (non-hydrogen) atoms. The van der Waals surface area contributed by atoms with Crippen LogP contribution in [0.25, 0.3) is 10.2 Å². The van der Waals surface area contributed by atoms with Gasteiger partial charge < -0.3 is 14.4 Å². The summed E-state index contributed by atoms with van der Waals surface area (Å²) >= 11 is 0.961. The summed E-state index contributed by atoms with van der Waals surface area (Å²) in [5.74, 6) is -0.781. The van der Waals surface area contributed by atoms with Crippen LogP contribution in [0.5, 0.6) is 5.75 Å². The number of benzene rings is 2. The van der Waals surface area contributed by atoms with E-state index in [9.17, 15) is 27.6 Å². The third-order valence-electron chi connectivity index (χ3n) is 6.25. The molecule has 5 rings (SSSR count). The topological polar surface area (TPSA) is 170 Å². The lowest BCUT2D eigenvalue weighted by Gasteiger charge is -2.33. The van der Waals surface area contributed by atoms with Crippen LogP contribution in [0.1, 0.15) is 5.56 Å². The largest absolute Gasteiger partial charge is 0.497 e. The van der Waals surface area contributed by atoms with Crippen molar-refractivity contribution in [3.8, 4) is 5.75 Å². The number of amides is 3. The van der Waals surface area contributed by atoms with Gasteiger partial charge in [0.15, 0.2) is 0 Å². The lowest BCUT2D eigenvalue weighted by molar-refractivity contribution is -0.142. The second-order valence-electron chi connectivity index (χ2n) is 9.01. The first kappa shape index (κ1) is 28.7. The molecule has 218 valence electrons. The maximum atomic E-state index is 13.1. The Morgan fingerprint density at radius 2 is 1.79 bits per heavy atom. The van der Waals surface area contributed by atoms with Crippen LogP contribution in [0, 0.1) is 0 Å². The highest BCUT2D eigenvalue weighted by atomic mass is 32.2. The van der Waals surface area contributed by atoms with Gasteiger partial charge in [0, 0.05) is 12.7 Å². The highest BCUT2D eigenvalue weighted by molar-refractivity contribution is 7.91. The number of anilines is 1. The average molecular weight is 613 g/mol. The van der Waals surface area contributed by atoms with Gasteiger partial charge in [-0.15, -0.1) is 11.3 Å². The predicted molar refractivity (Wildman–Crippen MR) is 150 cm³/mol. The van der Waals surface area contributed by atoms with Crippen LogP contribution in [0.3, 0.4) is 0 Å². The number of fused-ring (bicyclic) bond motifs is 1. The second-order valence-corrected chi connectivity index (χ2v) is 12.1. The van der Waals surface area contributed by atoms with Crippen molar-refractivity contribution in [1.29, 1.82) is 0 Å². The molecule has 16 heteroatoms. The molecule has 3 amide bonds. The van der Waals surface area contributed by atoms with Gasteiger partial charge in [-0.2, -0.15) is 13.4 Å². The minimum Gasteiger partial charge on any atom is -0.497 e. The third-order valence-corrected chi connectivity index (χ3v) is 9.47. The normalized spacial score (nSPS) is 13.7. The smallest absolute Gasteiger partial charge is 0.413 e. The number of rotatable bonds is 8. The van der Waals surface area contributed by atoms with Crippen LogP contribution >= 0.6 is 11.3 Å². The highest BCUT2D eigenvalue weighted by Gasteiger charge is 2.37. The second kappa shape index (κ2) is 12.0. The fourth-order valence-corrected chi connectivity index (χ4v) is 6.76. The first-order valence-corrected chi connectivity index (χ1v) is 14.7. The quantitative estimate of drug-likeness (QED) is 0.309. The molecule has 0 spiro atoms. The van der Waals surface area contributed by atoms with Gasteiger partial charge in [-0.1, -0.05) is 24.3 Å². The van der Waals surface area contributed by atoms with E-state index in [0.717, 1.165) is 25.8 Å². The van der Waals surface area contributed by atoms with E-state index in [-0.39, 0.29) is 29.9 Å². The molecule has 1 aliphatic heterocycles. The monoisotopic (exact) mass is 612 g/mol. The molecular formula is C26H24N6O8S2. The van der Waals surface area contributed by atoms with E-state index in [2.05, 4.69) is 15.3 Å². The van der Waals surface area contributed by atoms with Gasteiger partial charge in [0.2, 0.25) is 10.2 Å². The Bertz CT molecular complexity index is 1790. The maximum Gasteiger partial charge on any atom is 0.413 e. The number of hydrogen-bond donors (Lipinski definition) is 1. The van der Waals surface area contributed by atoms with Crippen molar-refractivity contribution in [3.63, 3.8) is 0 Å². The Labute approximate surface area is 243 Å². The fourth-order valence-electron chi connectivity index (χ4n) is 4.06. The number of nitrogens with one attached hydrogen (secondary N) is 1. The van der Waals surface area contributed by atoms with Crippen LogP contribution in [0.4, 0.5) is 10.6 Å². The Kier molecular flexibility index (Phi) is 8.17. The van der Waals surface area contributed by atoms with Crippen molar-refractivity contribution in [3.05, 3.63) is 76.8 Å². The number of nitrogens with zero attached hydrogens (tertiary/aromatic N) is 5.